The molecule has 6 nitrogen and oxygen atoms in total. The van der Waals surface area contributed by atoms with Crippen molar-refractivity contribution in [2.45, 2.75) is 32.7 Å². The van der Waals surface area contributed by atoms with Gasteiger partial charge in [0.25, 0.3) is 0 Å². The zero-order valence-corrected chi connectivity index (χ0v) is 11.7. The summed E-state index contributed by atoms with van der Waals surface area (Å²) in [7, 11) is 0. The number of ether oxygens (including phenoxy) is 1. The van der Waals surface area contributed by atoms with E-state index in [0.29, 0.717) is 12.4 Å². The van der Waals surface area contributed by atoms with Crippen molar-refractivity contribution in [1.82, 2.24) is 9.55 Å². The number of carbonyl (C=O) groups is 1. The third-order valence-electron chi connectivity index (χ3n) is 3.16. The molecule has 0 fully saturated rings. The Morgan fingerprint density at radius 3 is 3.05 bits per heavy atom. The maximum Gasteiger partial charge on any atom is 0.360 e. The molecule has 0 saturated carbocycles. The molecule has 2 N–H and O–H groups in total. The van der Waals surface area contributed by atoms with Crippen molar-refractivity contribution in [1.29, 1.82) is 0 Å². The highest BCUT2D eigenvalue weighted by Crippen LogP contribution is 2.21. The number of aryl methyl sites for hydroxylation is 1. The van der Waals surface area contributed by atoms with Gasteiger partial charge in [-0.2, -0.15) is 0 Å². The van der Waals surface area contributed by atoms with Crippen LogP contribution in [0.5, 0.6) is 0 Å². The Kier molecular flexibility index (Phi) is 4.45. The van der Waals surface area contributed by atoms with Crippen LogP contribution in [0.4, 0.5) is 5.82 Å². The number of carbonyl (C=O) groups excluding carboxylic acids is 1. The molecular formula is C14H19N3O3. The lowest BCUT2D eigenvalue weighted by molar-refractivity contribution is 0.0521. The summed E-state index contributed by atoms with van der Waals surface area (Å²) in [6, 6.07) is 3.93. The van der Waals surface area contributed by atoms with E-state index in [1.54, 1.807) is 24.1 Å². The molecule has 6 heteroatoms. The average molecular weight is 277 g/mol. The topological polar surface area (TPSA) is 83.3 Å². The Bertz CT molecular complexity index is 560. The Balaban J connectivity index is 2.03. The van der Waals surface area contributed by atoms with E-state index in [1.807, 2.05) is 19.1 Å². The van der Waals surface area contributed by atoms with Gasteiger partial charge in [0.05, 0.1) is 19.2 Å². The third-order valence-corrected chi connectivity index (χ3v) is 3.16. The second-order valence-electron chi connectivity index (χ2n) is 4.57. The molecule has 108 valence electrons. The van der Waals surface area contributed by atoms with E-state index >= 15 is 0 Å². The summed E-state index contributed by atoms with van der Waals surface area (Å²) in [5.41, 5.74) is 6.14. The number of anilines is 1. The second kappa shape index (κ2) is 6.27. The number of rotatable bonds is 6. The van der Waals surface area contributed by atoms with Gasteiger partial charge in [-0.25, -0.2) is 9.78 Å². The normalized spacial score (nSPS) is 12.3. The fourth-order valence-electron chi connectivity index (χ4n) is 2.02. The van der Waals surface area contributed by atoms with Crippen molar-refractivity contribution in [3.8, 4) is 0 Å². The highest BCUT2D eigenvalue weighted by molar-refractivity contribution is 5.92. The maximum atomic E-state index is 11.7. The number of imidazole rings is 1. The van der Waals surface area contributed by atoms with E-state index in [-0.39, 0.29) is 11.7 Å². The van der Waals surface area contributed by atoms with Gasteiger partial charge in [0.1, 0.15) is 11.6 Å². The first-order chi connectivity index (χ1) is 9.63. The summed E-state index contributed by atoms with van der Waals surface area (Å²) in [5.74, 6) is 0.790. The van der Waals surface area contributed by atoms with Crippen molar-refractivity contribution in [2.24, 2.45) is 0 Å². The highest BCUT2D eigenvalue weighted by Gasteiger charge is 2.19. The molecule has 0 amide bonds. The largest absolute Gasteiger partial charge is 0.469 e. The van der Waals surface area contributed by atoms with Crippen LogP contribution in [0.3, 0.4) is 0 Å². The zero-order chi connectivity index (χ0) is 14.5. The van der Waals surface area contributed by atoms with Crippen molar-refractivity contribution in [2.75, 3.05) is 12.3 Å². The predicted octanol–water partition coefficient (Wildman–Crippen LogP) is 2.43. The van der Waals surface area contributed by atoms with Gasteiger partial charge in [0.2, 0.25) is 0 Å². The Morgan fingerprint density at radius 1 is 1.60 bits per heavy atom. The van der Waals surface area contributed by atoms with Crippen LogP contribution in [-0.2, 0) is 11.2 Å². The summed E-state index contributed by atoms with van der Waals surface area (Å²) in [5, 5.41) is 0. The molecule has 2 rings (SSSR count). The smallest absolute Gasteiger partial charge is 0.360 e. The first-order valence-corrected chi connectivity index (χ1v) is 6.65. The van der Waals surface area contributed by atoms with E-state index in [1.165, 1.54) is 0 Å². The van der Waals surface area contributed by atoms with Crippen LogP contribution in [0.15, 0.2) is 29.1 Å². The van der Waals surface area contributed by atoms with Crippen molar-refractivity contribution >= 4 is 11.8 Å². The minimum absolute atomic E-state index is 0.121. The van der Waals surface area contributed by atoms with E-state index in [4.69, 9.17) is 14.9 Å². The summed E-state index contributed by atoms with van der Waals surface area (Å²) in [6.45, 7) is 4.08. The van der Waals surface area contributed by atoms with Crippen LogP contribution in [0.25, 0.3) is 0 Å². The van der Waals surface area contributed by atoms with Crippen LogP contribution in [-0.4, -0.2) is 22.1 Å². The molecule has 0 aliphatic rings. The third kappa shape index (κ3) is 3.01. The molecular weight excluding hydrogens is 258 g/mol. The number of nitrogens with two attached hydrogens (primary N) is 1. The molecule has 1 unspecified atom stereocenters. The van der Waals surface area contributed by atoms with Gasteiger partial charge in [-0.05, 0) is 32.4 Å². The van der Waals surface area contributed by atoms with Crippen molar-refractivity contribution in [3.05, 3.63) is 36.2 Å². The Hall–Kier alpha value is -2.24. The molecule has 0 aromatic carbocycles. The van der Waals surface area contributed by atoms with Gasteiger partial charge in [0.15, 0.2) is 5.69 Å². The lowest BCUT2D eigenvalue weighted by atomic mass is 10.1. The Morgan fingerprint density at radius 2 is 2.40 bits per heavy atom. The monoisotopic (exact) mass is 277 g/mol. The highest BCUT2D eigenvalue weighted by atomic mass is 16.5. The van der Waals surface area contributed by atoms with Crippen molar-refractivity contribution in [3.63, 3.8) is 0 Å². The lowest BCUT2D eigenvalue weighted by Crippen LogP contribution is -2.12. The molecule has 0 aliphatic heterocycles. The SMILES string of the molecule is CCOC(=O)c1ncn(C(C)CCc2ccco2)c1N. The summed E-state index contributed by atoms with van der Waals surface area (Å²) < 4.78 is 12.0. The van der Waals surface area contributed by atoms with Gasteiger partial charge >= 0.3 is 5.97 Å². The van der Waals surface area contributed by atoms with Gasteiger partial charge in [-0.15, -0.1) is 0 Å². The van der Waals surface area contributed by atoms with E-state index in [0.717, 1.165) is 18.6 Å². The summed E-state index contributed by atoms with van der Waals surface area (Å²) in [6.07, 6.45) is 4.88. The predicted molar refractivity (Wildman–Crippen MR) is 74.3 cm³/mol. The van der Waals surface area contributed by atoms with Crippen LogP contribution in [0.2, 0.25) is 0 Å². The molecule has 0 radical (unpaired) electrons. The van der Waals surface area contributed by atoms with Crippen LogP contribution in [0.1, 0.15) is 42.6 Å². The van der Waals surface area contributed by atoms with E-state index in [2.05, 4.69) is 4.98 Å². The fourth-order valence-corrected chi connectivity index (χ4v) is 2.02. The fraction of sp³-hybridized carbons (Fsp3) is 0.429. The molecule has 0 aliphatic carbocycles. The second-order valence-corrected chi connectivity index (χ2v) is 4.57. The molecule has 2 heterocycles. The van der Waals surface area contributed by atoms with Crippen LogP contribution >= 0.6 is 0 Å². The molecule has 2 aromatic heterocycles. The van der Waals surface area contributed by atoms with Gasteiger partial charge < -0.3 is 19.5 Å². The van der Waals surface area contributed by atoms with Gasteiger partial charge in [-0.3, -0.25) is 0 Å². The number of nitrogen functional groups attached to an aromatic ring is 1. The summed E-state index contributed by atoms with van der Waals surface area (Å²) in [4.78, 5) is 15.7. The first-order valence-electron chi connectivity index (χ1n) is 6.65. The first kappa shape index (κ1) is 14.2. The van der Waals surface area contributed by atoms with Gasteiger partial charge in [-0.1, -0.05) is 0 Å². The zero-order valence-electron chi connectivity index (χ0n) is 11.7. The minimum Gasteiger partial charge on any atom is -0.469 e. The minimum atomic E-state index is -0.484. The number of esters is 1. The number of aromatic nitrogens is 2. The van der Waals surface area contributed by atoms with E-state index in [9.17, 15) is 4.79 Å². The number of furan rings is 1. The quantitative estimate of drug-likeness (QED) is 0.820. The molecule has 1 atom stereocenters. The molecule has 0 spiro atoms. The standard InChI is InChI=1S/C14H19N3O3/c1-3-19-14(18)12-13(15)17(9-16-12)10(2)6-7-11-5-4-8-20-11/h4-5,8-10H,3,6-7,15H2,1-2H3. The molecule has 0 bridgehead atoms. The van der Waals surface area contributed by atoms with E-state index < -0.39 is 5.97 Å². The Labute approximate surface area is 117 Å². The van der Waals surface area contributed by atoms with Crippen LogP contribution < -0.4 is 5.73 Å². The molecule has 2 aromatic rings. The summed E-state index contributed by atoms with van der Waals surface area (Å²) >= 11 is 0. The number of hydrogen-bond acceptors (Lipinski definition) is 5. The lowest BCUT2D eigenvalue weighted by Gasteiger charge is -2.14. The average Bonchev–Trinajstić information content (AvgIpc) is 3.05. The maximum absolute atomic E-state index is 11.7. The number of nitrogens with zero attached hydrogens (tertiary/aromatic N) is 2. The number of hydrogen-bond donors (Lipinski definition) is 1. The van der Waals surface area contributed by atoms with Crippen molar-refractivity contribution < 1.29 is 13.9 Å². The van der Waals surface area contributed by atoms with Gasteiger partial charge in [0, 0.05) is 12.5 Å². The molecule has 0 saturated heterocycles. The molecule has 20 heavy (non-hydrogen) atoms. The van der Waals surface area contributed by atoms with Crippen LogP contribution in [0, 0.1) is 0 Å².